The summed E-state index contributed by atoms with van der Waals surface area (Å²) >= 11 is 0. The highest BCUT2D eigenvalue weighted by Crippen LogP contribution is 2.37. The van der Waals surface area contributed by atoms with Crippen molar-refractivity contribution >= 4 is 5.91 Å². The Morgan fingerprint density at radius 1 is 1.10 bits per heavy atom. The Hall–Kier alpha value is -2.91. The van der Waals surface area contributed by atoms with Gasteiger partial charge in [-0.15, -0.1) is 0 Å². The van der Waals surface area contributed by atoms with Gasteiger partial charge in [-0.3, -0.25) is 14.5 Å². The fraction of sp³-hybridized carbons (Fsp3) is 0.480. The smallest absolute Gasteiger partial charge is 0.258 e. The normalized spacial score (nSPS) is 23.8. The van der Waals surface area contributed by atoms with Gasteiger partial charge in [0.25, 0.3) is 5.56 Å². The zero-order valence-electron chi connectivity index (χ0n) is 18.0. The maximum atomic E-state index is 13.4. The summed E-state index contributed by atoms with van der Waals surface area (Å²) in [6.07, 6.45) is 3.23. The average molecular weight is 417 g/mol. The molecule has 2 fully saturated rings. The molecular weight excluding hydrogens is 388 g/mol. The second-order valence-electron chi connectivity index (χ2n) is 9.27. The van der Waals surface area contributed by atoms with Crippen LogP contribution in [0.4, 0.5) is 0 Å². The number of fused-ring (bicyclic) bond motifs is 4. The van der Waals surface area contributed by atoms with Crippen LogP contribution in [0, 0.1) is 17.2 Å². The van der Waals surface area contributed by atoms with Crippen LogP contribution in [0.2, 0.25) is 0 Å². The molecule has 2 atom stereocenters. The van der Waals surface area contributed by atoms with Crippen LogP contribution in [0.5, 0.6) is 0 Å². The van der Waals surface area contributed by atoms with E-state index in [0.29, 0.717) is 29.0 Å². The molecule has 0 unspecified atom stereocenters. The number of aromatic nitrogens is 1. The summed E-state index contributed by atoms with van der Waals surface area (Å²) in [7, 11) is 0. The van der Waals surface area contributed by atoms with Crippen LogP contribution in [0.1, 0.15) is 43.4 Å². The molecule has 1 amide bonds. The van der Waals surface area contributed by atoms with E-state index in [0.717, 1.165) is 63.2 Å². The molecule has 6 nitrogen and oxygen atoms in total. The Labute approximate surface area is 182 Å². The van der Waals surface area contributed by atoms with Gasteiger partial charge in [0.15, 0.2) is 0 Å². The first-order chi connectivity index (χ1) is 15.0. The Morgan fingerprint density at radius 3 is 2.65 bits per heavy atom. The molecule has 3 aliphatic heterocycles. The first kappa shape index (κ1) is 20.0. The topological polar surface area (TPSA) is 69.3 Å². The van der Waals surface area contributed by atoms with E-state index in [-0.39, 0.29) is 11.5 Å². The van der Waals surface area contributed by atoms with Crippen molar-refractivity contribution < 1.29 is 4.79 Å². The number of carbonyl (C=O) groups excluding carboxylic acids is 1. The number of nitrogens with zero attached hydrogens (tertiary/aromatic N) is 4. The molecule has 160 valence electrons. The number of nitriles is 1. The van der Waals surface area contributed by atoms with Crippen molar-refractivity contribution in [3.05, 3.63) is 58.0 Å². The zero-order valence-corrected chi connectivity index (χ0v) is 18.0. The lowest BCUT2D eigenvalue weighted by Gasteiger charge is -2.47. The molecule has 0 radical (unpaired) electrons. The zero-order chi connectivity index (χ0) is 21.5. The van der Waals surface area contributed by atoms with E-state index in [4.69, 9.17) is 0 Å². The van der Waals surface area contributed by atoms with E-state index < -0.39 is 0 Å². The minimum atomic E-state index is 0.0607. The maximum Gasteiger partial charge on any atom is 0.258 e. The molecule has 0 aliphatic carbocycles. The van der Waals surface area contributed by atoms with Gasteiger partial charge in [0, 0.05) is 62.9 Å². The third kappa shape index (κ3) is 3.68. The number of rotatable bonds is 2. The summed E-state index contributed by atoms with van der Waals surface area (Å²) in [5.74, 6) is 1.04. The van der Waals surface area contributed by atoms with Crippen LogP contribution in [0.3, 0.4) is 0 Å². The monoisotopic (exact) mass is 416 g/mol. The van der Waals surface area contributed by atoms with E-state index in [2.05, 4.69) is 17.0 Å². The lowest BCUT2D eigenvalue weighted by molar-refractivity contribution is -0.130. The fourth-order valence-electron chi connectivity index (χ4n) is 5.80. The van der Waals surface area contributed by atoms with E-state index in [9.17, 15) is 14.9 Å². The highest BCUT2D eigenvalue weighted by atomic mass is 16.2. The van der Waals surface area contributed by atoms with Gasteiger partial charge in [0.1, 0.15) is 0 Å². The molecule has 5 rings (SSSR count). The molecule has 1 aromatic carbocycles. The number of hydrogen-bond acceptors (Lipinski definition) is 4. The molecule has 31 heavy (non-hydrogen) atoms. The predicted octanol–water partition coefficient (Wildman–Crippen LogP) is 2.82. The molecular formula is C25H28N4O2. The lowest BCUT2D eigenvalue weighted by atomic mass is 9.81. The molecule has 1 aromatic heterocycles. The molecule has 6 heteroatoms. The van der Waals surface area contributed by atoms with E-state index >= 15 is 0 Å². The molecule has 4 heterocycles. The Morgan fingerprint density at radius 2 is 1.90 bits per heavy atom. The van der Waals surface area contributed by atoms with Crippen LogP contribution in [-0.4, -0.2) is 52.5 Å². The number of carbonyl (C=O) groups is 1. The maximum absolute atomic E-state index is 13.4. The minimum absolute atomic E-state index is 0.0607. The summed E-state index contributed by atoms with van der Waals surface area (Å²) in [5, 5.41) is 9.20. The van der Waals surface area contributed by atoms with Crippen molar-refractivity contribution in [3.63, 3.8) is 0 Å². The molecule has 0 saturated carbocycles. The van der Waals surface area contributed by atoms with Crippen LogP contribution in [0.25, 0.3) is 11.1 Å². The van der Waals surface area contributed by atoms with E-state index in [1.807, 2.05) is 27.7 Å². The summed E-state index contributed by atoms with van der Waals surface area (Å²) in [6.45, 7) is 6.15. The predicted molar refractivity (Wildman–Crippen MR) is 119 cm³/mol. The minimum Gasteiger partial charge on any atom is -0.343 e. The SMILES string of the molecule is CC(=O)N1CCC(N2C[C@H]3C[C@H](C2)c2ccc(-c4cccc(C#N)c4)c(=O)n2C3)CC1. The van der Waals surface area contributed by atoms with Gasteiger partial charge in [0.2, 0.25) is 5.91 Å². The summed E-state index contributed by atoms with van der Waals surface area (Å²) in [5.41, 5.74) is 3.27. The third-order valence-corrected chi connectivity index (χ3v) is 7.36. The third-order valence-electron chi connectivity index (χ3n) is 7.36. The van der Waals surface area contributed by atoms with Crippen molar-refractivity contribution in [1.82, 2.24) is 14.4 Å². The van der Waals surface area contributed by atoms with Crippen LogP contribution < -0.4 is 5.56 Å². The van der Waals surface area contributed by atoms with Crippen molar-refractivity contribution in [3.8, 4) is 17.2 Å². The molecule has 2 saturated heterocycles. The van der Waals surface area contributed by atoms with Crippen molar-refractivity contribution in [1.29, 1.82) is 5.26 Å². The highest BCUT2D eigenvalue weighted by molar-refractivity contribution is 5.73. The average Bonchev–Trinajstić information content (AvgIpc) is 2.80. The van der Waals surface area contributed by atoms with Crippen molar-refractivity contribution in [2.45, 2.75) is 44.7 Å². The summed E-state index contributed by atoms with van der Waals surface area (Å²) in [6, 6.07) is 14.1. The summed E-state index contributed by atoms with van der Waals surface area (Å²) in [4.78, 5) is 29.6. The van der Waals surface area contributed by atoms with Crippen LogP contribution >= 0.6 is 0 Å². The Balaban J connectivity index is 1.38. The van der Waals surface area contributed by atoms with Crippen LogP contribution in [-0.2, 0) is 11.3 Å². The Bertz CT molecular complexity index is 1110. The fourth-order valence-corrected chi connectivity index (χ4v) is 5.80. The quantitative estimate of drug-likeness (QED) is 0.755. The van der Waals surface area contributed by atoms with Gasteiger partial charge in [-0.1, -0.05) is 12.1 Å². The van der Waals surface area contributed by atoms with Gasteiger partial charge >= 0.3 is 0 Å². The molecule has 0 N–H and O–H groups in total. The van der Waals surface area contributed by atoms with Crippen LogP contribution in [0.15, 0.2) is 41.2 Å². The molecule has 2 bridgehead atoms. The van der Waals surface area contributed by atoms with Crippen molar-refractivity contribution in [2.24, 2.45) is 5.92 Å². The largest absolute Gasteiger partial charge is 0.343 e. The first-order valence-electron chi connectivity index (χ1n) is 11.3. The number of benzene rings is 1. The molecule has 2 aromatic rings. The number of pyridine rings is 1. The van der Waals surface area contributed by atoms with E-state index in [1.54, 1.807) is 19.1 Å². The van der Waals surface area contributed by atoms with Gasteiger partial charge in [-0.25, -0.2) is 0 Å². The van der Waals surface area contributed by atoms with Crippen molar-refractivity contribution in [2.75, 3.05) is 26.2 Å². The second-order valence-corrected chi connectivity index (χ2v) is 9.27. The number of hydrogen-bond donors (Lipinski definition) is 0. The summed E-state index contributed by atoms with van der Waals surface area (Å²) < 4.78 is 1.99. The highest BCUT2D eigenvalue weighted by Gasteiger charge is 2.38. The Kier molecular flexibility index (Phi) is 5.15. The number of likely N-dealkylation sites (tertiary alicyclic amines) is 2. The van der Waals surface area contributed by atoms with Gasteiger partial charge < -0.3 is 9.47 Å². The van der Waals surface area contributed by atoms with E-state index in [1.165, 1.54) is 0 Å². The lowest BCUT2D eigenvalue weighted by Crippen LogP contribution is -2.53. The first-order valence-corrected chi connectivity index (χ1v) is 11.3. The molecule has 3 aliphatic rings. The number of piperidine rings is 2. The van der Waals surface area contributed by atoms with Gasteiger partial charge in [0.05, 0.1) is 11.6 Å². The molecule has 0 spiro atoms. The second kappa shape index (κ2) is 7.97. The number of amides is 1. The van der Waals surface area contributed by atoms with Gasteiger partial charge in [-0.2, -0.15) is 5.26 Å². The standard InChI is InChI=1S/C25H28N4O2/c1-17(30)27-9-7-22(8-10-27)28-14-19-12-21(16-28)24-6-5-23(25(31)29(24)15-19)20-4-2-3-18(11-20)13-26/h2-6,11,19,21-22H,7-10,12,14-16H2,1H3/t19-,21-/m1/s1. The van der Waals surface area contributed by atoms with Gasteiger partial charge in [-0.05, 0) is 55.0 Å².